The molecule has 0 radical (unpaired) electrons. The standard InChI is InChI=1S/C16H14FN/c1-12-16(17)14-9-5-6-10-15(14)18(12)11-13-7-3-2-4-8-13/h2-10H,11H2,1H3. The molecular formula is C16H14FN. The number of fused-ring (bicyclic) bond motifs is 1. The molecule has 0 saturated carbocycles. The Morgan fingerprint density at radius 3 is 2.39 bits per heavy atom. The van der Waals surface area contributed by atoms with Gasteiger partial charge in [0.2, 0.25) is 0 Å². The van der Waals surface area contributed by atoms with Gasteiger partial charge in [0.15, 0.2) is 5.82 Å². The molecule has 0 atom stereocenters. The molecule has 90 valence electrons. The summed E-state index contributed by atoms with van der Waals surface area (Å²) in [5.74, 6) is -0.110. The van der Waals surface area contributed by atoms with Crippen LogP contribution in [0.25, 0.3) is 10.9 Å². The van der Waals surface area contributed by atoms with Crippen LogP contribution in [0.15, 0.2) is 54.6 Å². The third-order valence-corrected chi connectivity index (χ3v) is 3.34. The lowest BCUT2D eigenvalue weighted by Gasteiger charge is -2.07. The van der Waals surface area contributed by atoms with Gasteiger partial charge in [-0.1, -0.05) is 42.5 Å². The lowest BCUT2D eigenvalue weighted by molar-refractivity contribution is 0.614. The Labute approximate surface area is 105 Å². The second-order valence-electron chi connectivity index (χ2n) is 4.49. The normalized spacial score (nSPS) is 11.0. The Morgan fingerprint density at radius 2 is 1.61 bits per heavy atom. The minimum atomic E-state index is -0.110. The van der Waals surface area contributed by atoms with E-state index in [1.54, 1.807) is 0 Å². The topological polar surface area (TPSA) is 4.93 Å². The highest BCUT2D eigenvalue weighted by molar-refractivity contribution is 5.82. The van der Waals surface area contributed by atoms with E-state index >= 15 is 0 Å². The lowest BCUT2D eigenvalue weighted by Crippen LogP contribution is -2.01. The summed E-state index contributed by atoms with van der Waals surface area (Å²) in [5, 5.41) is 0.700. The second-order valence-corrected chi connectivity index (χ2v) is 4.49. The highest BCUT2D eigenvalue weighted by Crippen LogP contribution is 2.24. The molecule has 0 saturated heterocycles. The predicted molar refractivity (Wildman–Crippen MR) is 72.2 cm³/mol. The first-order valence-electron chi connectivity index (χ1n) is 6.04. The minimum absolute atomic E-state index is 0.110. The third-order valence-electron chi connectivity index (χ3n) is 3.34. The van der Waals surface area contributed by atoms with Crippen molar-refractivity contribution in [2.75, 3.05) is 0 Å². The zero-order valence-electron chi connectivity index (χ0n) is 10.2. The summed E-state index contributed by atoms with van der Waals surface area (Å²) in [5.41, 5.74) is 2.83. The maximum absolute atomic E-state index is 14.1. The van der Waals surface area contributed by atoms with Crippen molar-refractivity contribution >= 4 is 10.9 Å². The van der Waals surface area contributed by atoms with Crippen LogP contribution in [-0.2, 0) is 6.54 Å². The van der Waals surface area contributed by atoms with E-state index in [0.29, 0.717) is 17.6 Å². The van der Waals surface area contributed by atoms with Crippen LogP contribution in [0.5, 0.6) is 0 Å². The summed E-state index contributed by atoms with van der Waals surface area (Å²) in [7, 11) is 0. The number of rotatable bonds is 2. The summed E-state index contributed by atoms with van der Waals surface area (Å²) in [6.45, 7) is 2.54. The van der Waals surface area contributed by atoms with Crippen LogP contribution in [-0.4, -0.2) is 4.57 Å². The predicted octanol–water partition coefficient (Wildman–Crippen LogP) is 4.14. The van der Waals surface area contributed by atoms with Crippen molar-refractivity contribution in [3.63, 3.8) is 0 Å². The van der Waals surface area contributed by atoms with Crippen LogP contribution in [0.3, 0.4) is 0 Å². The van der Waals surface area contributed by atoms with E-state index < -0.39 is 0 Å². The zero-order chi connectivity index (χ0) is 12.5. The molecule has 1 nitrogen and oxygen atoms in total. The Morgan fingerprint density at radius 1 is 0.944 bits per heavy atom. The Hall–Kier alpha value is -2.09. The molecule has 0 aliphatic heterocycles. The van der Waals surface area contributed by atoms with Crippen molar-refractivity contribution in [3.05, 3.63) is 71.7 Å². The average molecular weight is 239 g/mol. The Kier molecular flexibility index (Phi) is 2.63. The molecule has 1 heterocycles. The van der Waals surface area contributed by atoms with Gasteiger partial charge in [0.05, 0.1) is 11.2 Å². The van der Waals surface area contributed by atoms with E-state index in [4.69, 9.17) is 0 Å². The number of para-hydroxylation sites is 1. The van der Waals surface area contributed by atoms with Crippen LogP contribution >= 0.6 is 0 Å². The smallest absolute Gasteiger partial charge is 0.151 e. The fourth-order valence-electron chi connectivity index (χ4n) is 2.36. The summed E-state index contributed by atoms with van der Waals surface area (Å²) in [6, 6.07) is 17.7. The highest BCUT2D eigenvalue weighted by Gasteiger charge is 2.12. The van der Waals surface area contributed by atoms with Crippen LogP contribution in [0.4, 0.5) is 4.39 Å². The first-order chi connectivity index (χ1) is 8.77. The van der Waals surface area contributed by atoms with Crippen LogP contribution in [0, 0.1) is 12.7 Å². The summed E-state index contributed by atoms with van der Waals surface area (Å²) in [6.07, 6.45) is 0. The zero-order valence-corrected chi connectivity index (χ0v) is 10.2. The van der Waals surface area contributed by atoms with Crippen molar-refractivity contribution in [1.82, 2.24) is 4.57 Å². The summed E-state index contributed by atoms with van der Waals surface area (Å²) >= 11 is 0. The molecule has 0 amide bonds. The van der Waals surface area contributed by atoms with E-state index in [1.807, 2.05) is 54.0 Å². The maximum atomic E-state index is 14.1. The molecule has 1 aromatic heterocycles. The Bertz CT molecular complexity index is 683. The third kappa shape index (κ3) is 1.70. The molecule has 2 aromatic carbocycles. The molecule has 3 aromatic rings. The molecule has 0 fully saturated rings. The van der Waals surface area contributed by atoms with Gasteiger partial charge in [-0.3, -0.25) is 0 Å². The lowest BCUT2D eigenvalue weighted by atomic mass is 10.2. The molecule has 3 rings (SSSR count). The van der Waals surface area contributed by atoms with E-state index in [0.717, 1.165) is 5.52 Å². The summed E-state index contributed by atoms with van der Waals surface area (Å²) in [4.78, 5) is 0. The molecule has 0 aliphatic rings. The van der Waals surface area contributed by atoms with E-state index in [-0.39, 0.29) is 5.82 Å². The number of hydrogen-bond acceptors (Lipinski definition) is 0. The van der Waals surface area contributed by atoms with Crippen molar-refractivity contribution in [3.8, 4) is 0 Å². The fourth-order valence-corrected chi connectivity index (χ4v) is 2.36. The van der Waals surface area contributed by atoms with Gasteiger partial charge in [0.25, 0.3) is 0 Å². The van der Waals surface area contributed by atoms with Gasteiger partial charge in [0, 0.05) is 11.9 Å². The number of nitrogens with zero attached hydrogens (tertiary/aromatic N) is 1. The number of hydrogen-bond donors (Lipinski definition) is 0. The largest absolute Gasteiger partial charge is 0.338 e. The fraction of sp³-hybridized carbons (Fsp3) is 0.125. The molecule has 0 spiro atoms. The number of benzene rings is 2. The van der Waals surface area contributed by atoms with Crippen molar-refractivity contribution in [1.29, 1.82) is 0 Å². The monoisotopic (exact) mass is 239 g/mol. The molecule has 2 heteroatoms. The van der Waals surface area contributed by atoms with Gasteiger partial charge in [-0.15, -0.1) is 0 Å². The van der Waals surface area contributed by atoms with E-state index in [1.165, 1.54) is 5.56 Å². The molecule has 0 N–H and O–H groups in total. The molecule has 0 bridgehead atoms. The van der Waals surface area contributed by atoms with Crippen molar-refractivity contribution in [2.45, 2.75) is 13.5 Å². The second kappa shape index (κ2) is 4.30. The first-order valence-corrected chi connectivity index (χ1v) is 6.04. The highest BCUT2D eigenvalue weighted by atomic mass is 19.1. The average Bonchev–Trinajstić information content (AvgIpc) is 2.66. The molecule has 0 aliphatic carbocycles. The SMILES string of the molecule is Cc1c(F)c2ccccc2n1Cc1ccccc1. The molecule has 0 unspecified atom stereocenters. The van der Waals surface area contributed by atoms with Crippen LogP contribution in [0.2, 0.25) is 0 Å². The quantitative estimate of drug-likeness (QED) is 0.633. The minimum Gasteiger partial charge on any atom is -0.338 e. The van der Waals surface area contributed by atoms with Crippen LogP contribution < -0.4 is 0 Å². The summed E-state index contributed by atoms with van der Waals surface area (Å²) < 4.78 is 16.1. The van der Waals surface area contributed by atoms with E-state index in [9.17, 15) is 4.39 Å². The van der Waals surface area contributed by atoms with Gasteiger partial charge >= 0.3 is 0 Å². The van der Waals surface area contributed by atoms with E-state index in [2.05, 4.69) is 12.1 Å². The Balaban J connectivity index is 2.15. The van der Waals surface area contributed by atoms with Crippen LogP contribution in [0.1, 0.15) is 11.3 Å². The van der Waals surface area contributed by atoms with Gasteiger partial charge in [-0.05, 0) is 24.6 Å². The van der Waals surface area contributed by atoms with Crippen molar-refractivity contribution in [2.24, 2.45) is 0 Å². The van der Waals surface area contributed by atoms with Gasteiger partial charge in [-0.2, -0.15) is 0 Å². The van der Waals surface area contributed by atoms with Gasteiger partial charge in [0.1, 0.15) is 0 Å². The number of halogens is 1. The van der Waals surface area contributed by atoms with Gasteiger partial charge < -0.3 is 4.57 Å². The molecule has 18 heavy (non-hydrogen) atoms. The number of aromatic nitrogens is 1. The van der Waals surface area contributed by atoms with Crippen molar-refractivity contribution < 1.29 is 4.39 Å². The maximum Gasteiger partial charge on any atom is 0.151 e. The molecular weight excluding hydrogens is 225 g/mol. The first kappa shape index (κ1) is 11.0. The van der Waals surface area contributed by atoms with Gasteiger partial charge in [-0.25, -0.2) is 4.39 Å².